The highest BCUT2D eigenvalue weighted by atomic mass is 32.2. The molecular formula is C15H18N2O2S. The lowest BCUT2D eigenvalue weighted by Gasteiger charge is -2.05. The Hall–Kier alpha value is -1.75. The van der Waals surface area contributed by atoms with Gasteiger partial charge in [0.05, 0.1) is 5.69 Å². The summed E-state index contributed by atoms with van der Waals surface area (Å²) in [5.74, 6) is 1.44. The van der Waals surface area contributed by atoms with Crippen LogP contribution in [-0.2, 0) is 0 Å². The average molecular weight is 290 g/mol. The fourth-order valence-corrected chi connectivity index (χ4v) is 2.75. The molecular weight excluding hydrogens is 272 g/mol. The second-order valence-electron chi connectivity index (χ2n) is 4.47. The van der Waals surface area contributed by atoms with E-state index in [0.29, 0.717) is 23.6 Å². The molecule has 5 heteroatoms. The molecule has 0 aliphatic rings. The van der Waals surface area contributed by atoms with E-state index in [4.69, 9.17) is 4.52 Å². The largest absolute Gasteiger partial charge is 0.361 e. The maximum absolute atomic E-state index is 12.0. The summed E-state index contributed by atoms with van der Waals surface area (Å²) < 4.78 is 4.99. The Morgan fingerprint density at radius 3 is 2.70 bits per heavy atom. The van der Waals surface area contributed by atoms with E-state index in [0.717, 1.165) is 12.2 Å². The van der Waals surface area contributed by atoms with E-state index in [1.165, 1.54) is 4.90 Å². The summed E-state index contributed by atoms with van der Waals surface area (Å²) >= 11 is 1.79. The van der Waals surface area contributed by atoms with Gasteiger partial charge in [-0.15, -0.1) is 11.8 Å². The van der Waals surface area contributed by atoms with Crippen LogP contribution in [0.2, 0.25) is 0 Å². The Morgan fingerprint density at radius 1 is 1.30 bits per heavy atom. The highest BCUT2D eigenvalue weighted by molar-refractivity contribution is 7.99. The van der Waals surface area contributed by atoms with Gasteiger partial charge < -0.3 is 9.84 Å². The van der Waals surface area contributed by atoms with Crippen LogP contribution in [0, 0.1) is 13.8 Å². The van der Waals surface area contributed by atoms with Crippen LogP contribution in [0.3, 0.4) is 0 Å². The van der Waals surface area contributed by atoms with E-state index < -0.39 is 0 Å². The highest BCUT2D eigenvalue weighted by Gasteiger charge is 2.16. The summed E-state index contributed by atoms with van der Waals surface area (Å²) in [4.78, 5) is 13.2. The number of hydrogen-bond acceptors (Lipinski definition) is 4. The molecule has 1 N–H and O–H groups in total. The van der Waals surface area contributed by atoms with Gasteiger partial charge in [-0.2, -0.15) is 0 Å². The van der Waals surface area contributed by atoms with Gasteiger partial charge >= 0.3 is 0 Å². The number of carbonyl (C=O) groups is 1. The molecule has 0 fully saturated rings. The van der Waals surface area contributed by atoms with Crippen molar-refractivity contribution < 1.29 is 9.32 Å². The molecule has 4 nitrogen and oxygen atoms in total. The normalized spacial score (nSPS) is 10.5. The molecule has 1 amide bonds. The van der Waals surface area contributed by atoms with Gasteiger partial charge in [0.2, 0.25) is 0 Å². The molecule has 1 heterocycles. The van der Waals surface area contributed by atoms with Crippen molar-refractivity contribution in [1.82, 2.24) is 10.5 Å². The van der Waals surface area contributed by atoms with E-state index in [1.807, 2.05) is 18.2 Å². The zero-order valence-electron chi connectivity index (χ0n) is 11.7. The summed E-state index contributed by atoms with van der Waals surface area (Å²) in [6.45, 7) is 4.18. The maximum atomic E-state index is 12.0. The van der Waals surface area contributed by atoms with Crippen molar-refractivity contribution in [3.8, 4) is 0 Å². The molecule has 0 unspecified atom stereocenters. The zero-order chi connectivity index (χ0) is 14.4. The molecule has 0 aliphatic heterocycles. The third kappa shape index (κ3) is 3.87. The maximum Gasteiger partial charge on any atom is 0.256 e. The van der Waals surface area contributed by atoms with Crippen molar-refractivity contribution in [2.75, 3.05) is 12.3 Å². The van der Waals surface area contributed by atoms with Crippen molar-refractivity contribution in [2.45, 2.75) is 25.2 Å². The number of nitrogens with one attached hydrogen (secondary N) is 1. The minimum atomic E-state index is -0.106. The van der Waals surface area contributed by atoms with E-state index in [9.17, 15) is 4.79 Å². The van der Waals surface area contributed by atoms with Crippen molar-refractivity contribution in [3.63, 3.8) is 0 Å². The van der Waals surface area contributed by atoms with Gasteiger partial charge in [0.15, 0.2) is 0 Å². The van der Waals surface area contributed by atoms with Crippen LogP contribution in [-0.4, -0.2) is 23.4 Å². The number of benzene rings is 1. The Morgan fingerprint density at radius 2 is 2.05 bits per heavy atom. The van der Waals surface area contributed by atoms with Crippen LogP contribution >= 0.6 is 11.8 Å². The number of nitrogens with zero attached hydrogens (tertiary/aromatic N) is 1. The first kappa shape index (κ1) is 14.7. The molecule has 1 aromatic carbocycles. The molecule has 1 aromatic heterocycles. The number of hydrogen-bond donors (Lipinski definition) is 1. The molecule has 2 rings (SSSR count). The number of amides is 1. The lowest BCUT2D eigenvalue weighted by atomic mass is 10.2. The number of aryl methyl sites for hydroxylation is 2. The molecule has 0 saturated heterocycles. The van der Waals surface area contributed by atoms with Crippen LogP contribution in [0.15, 0.2) is 39.8 Å². The van der Waals surface area contributed by atoms with Crippen molar-refractivity contribution in [3.05, 3.63) is 47.3 Å². The summed E-state index contributed by atoms with van der Waals surface area (Å²) in [5.41, 5.74) is 1.19. The lowest BCUT2D eigenvalue weighted by Crippen LogP contribution is -2.25. The van der Waals surface area contributed by atoms with Gasteiger partial charge in [-0.1, -0.05) is 23.4 Å². The Bertz CT molecular complexity index is 547. The molecule has 0 spiro atoms. The standard InChI is InChI=1S/C15H18N2O2S/c1-11-14(12(2)19-17-11)15(18)16-9-6-10-20-13-7-4-3-5-8-13/h3-5,7-8H,6,9-10H2,1-2H3,(H,16,18). The van der Waals surface area contributed by atoms with Crippen LogP contribution in [0.25, 0.3) is 0 Å². The average Bonchev–Trinajstić information content (AvgIpc) is 2.79. The van der Waals surface area contributed by atoms with Crippen molar-refractivity contribution >= 4 is 17.7 Å². The molecule has 0 saturated carbocycles. The van der Waals surface area contributed by atoms with Crippen molar-refractivity contribution in [2.24, 2.45) is 0 Å². The third-order valence-corrected chi connectivity index (χ3v) is 3.98. The molecule has 2 aromatic rings. The zero-order valence-corrected chi connectivity index (χ0v) is 12.5. The number of carbonyl (C=O) groups excluding carboxylic acids is 1. The first-order valence-corrected chi connectivity index (χ1v) is 7.56. The Labute approximate surface area is 122 Å². The Balaban J connectivity index is 1.70. The number of thioether (sulfide) groups is 1. The Kier molecular flexibility index (Phi) is 5.24. The number of aromatic nitrogens is 1. The van der Waals surface area contributed by atoms with Gasteiger partial charge in [0, 0.05) is 11.4 Å². The van der Waals surface area contributed by atoms with Gasteiger partial charge in [-0.3, -0.25) is 4.79 Å². The summed E-state index contributed by atoms with van der Waals surface area (Å²) in [6.07, 6.45) is 0.925. The fourth-order valence-electron chi connectivity index (χ4n) is 1.88. The monoisotopic (exact) mass is 290 g/mol. The minimum absolute atomic E-state index is 0.106. The van der Waals surface area contributed by atoms with E-state index in [1.54, 1.807) is 25.6 Å². The predicted molar refractivity (Wildman–Crippen MR) is 80.1 cm³/mol. The second kappa shape index (κ2) is 7.14. The van der Waals surface area contributed by atoms with Crippen LogP contribution in [0.1, 0.15) is 28.2 Å². The van der Waals surface area contributed by atoms with Crippen LogP contribution in [0.4, 0.5) is 0 Å². The van der Waals surface area contributed by atoms with Gasteiger partial charge in [-0.25, -0.2) is 0 Å². The molecule has 0 bridgehead atoms. The summed E-state index contributed by atoms with van der Waals surface area (Å²) in [6, 6.07) is 10.2. The molecule has 20 heavy (non-hydrogen) atoms. The van der Waals surface area contributed by atoms with Crippen LogP contribution < -0.4 is 5.32 Å². The smallest absolute Gasteiger partial charge is 0.256 e. The minimum Gasteiger partial charge on any atom is -0.361 e. The van der Waals surface area contributed by atoms with E-state index in [-0.39, 0.29) is 5.91 Å². The highest BCUT2D eigenvalue weighted by Crippen LogP contribution is 2.17. The van der Waals surface area contributed by atoms with Gasteiger partial charge in [0.25, 0.3) is 5.91 Å². The second-order valence-corrected chi connectivity index (χ2v) is 5.64. The summed E-state index contributed by atoms with van der Waals surface area (Å²) in [7, 11) is 0. The predicted octanol–water partition coefficient (Wildman–Crippen LogP) is 3.20. The third-order valence-electron chi connectivity index (χ3n) is 2.88. The SMILES string of the molecule is Cc1noc(C)c1C(=O)NCCCSc1ccccc1. The molecule has 0 aliphatic carbocycles. The first-order chi connectivity index (χ1) is 9.68. The van der Waals surface area contributed by atoms with Gasteiger partial charge in [0.1, 0.15) is 11.3 Å². The topological polar surface area (TPSA) is 55.1 Å². The molecule has 0 atom stereocenters. The van der Waals surface area contributed by atoms with Crippen LogP contribution in [0.5, 0.6) is 0 Å². The van der Waals surface area contributed by atoms with Crippen molar-refractivity contribution in [1.29, 1.82) is 0 Å². The number of rotatable bonds is 6. The van der Waals surface area contributed by atoms with E-state index in [2.05, 4.69) is 22.6 Å². The molecule has 106 valence electrons. The van der Waals surface area contributed by atoms with Gasteiger partial charge in [-0.05, 0) is 38.2 Å². The van der Waals surface area contributed by atoms with E-state index >= 15 is 0 Å². The summed E-state index contributed by atoms with van der Waals surface area (Å²) in [5, 5.41) is 6.68. The first-order valence-electron chi connectivity index (χ1n) is 6.57. The molecule has 0 radical (unpaired) electrons. The quantitative estimate of drug-likeness (QED) is 0.655. The lowest BCUT2D eigenvalue weighted by molar-refractivity contribution is 0.0952. The fraction of sp³-hybridized carbons (Fsp3) is 0.333.